The van der Waals surface area contributed by atoms with Gasteiger partial charge in [-0.25, -0.2) is 8.78 Å². The fourth-order valence-electron chi connectivity index (χ4n) is 3.70. The third-order valence-corrected chi connectivity index (χ3v) is 4.89. The Morgan fingerprint density at radius 1 is 1.15 bits per heavy atom. The van der Waals surface area contributed by atoms with Crippen molar-refractivity contribution < 1.29 is 36.2 Å². The third kappa shape index (κ3) is 2.07. The lowest BCUT2D eigenvalue weighted by molar-refractivity contribution is -0.287. The Kier molecular flexibility index (Phi) is 3.38. The van der Waals surface area contributed by atoms with Gasteiger partial charge in [0.2, 0.25) is 0 Å². The van der Waals surface area contributed by atoms with Crippen LogP contribution in [0.3, 0.4) is 0 Å². The van der Waals surface area contributed by atoms with E-state index in [2.05, 4.69) is 0 Å². The Bertz CT molecular complexity index is 1020. The predicted octanol–water partition coefficient (Wildman–Crippen LogP) is 4.83. The molecule has 2 aromatic rings. The van der Waals surface area contributed by atoms with Crippen molar-refractivity contribution in [3.63, 3.8) is 0 Å². The van der Waals surface area contributed by atoms with Crippen LogP contribution in [0.4, 0.5) is 26.3 Å². The summed E-state index contributed by atoms with van der Waals surface area (Å²) in [4.78, 5) is 0. The number of halogens is 6. The van der Waals surface area contributed by atoms with Crippen LogP contribution in [-0.4, -0.2) is 11.0 Å². The Hall–Kier alpha value is -2.73. The van der Waals surface area contributed by atoms with Gasteiger partial charge in [0.05, 0.1) is 11.6 Å². The lowest BCUT2D eigenvalue weighted by atomic mass is 9.95. The van der Waals surface area contributed by atoms with Gasteiger partial charge in [0, 0.05) is 29.2 Å². The standard InChI is InChI=1S/C18H9F6NO2/c19-9-3-8(7-25)4-10(5-9)27-13-2-1-11-15-14(13)12(20)6-16(15,26)18(23,24)17(11,21)22/h1-5,12,26H,6H2. The molecular formula is C18H9F6NO2. The number of ether oxygens (including phenoxy) is 1. The first-order chi connectivity index (χ1) is 12.5. The number of alkyl halides is 5. The quantitative estimate of drug-likeness (QED) is 0.754. The molecule has 1 N–H and O–H groups in total. The van der Waals surface area contributed by atoms with E-state index in [1.165, 1.54) is 0 Å². The van der Waals surface area contributed by atoms with Crippen LogP contribution in [0.15, 0.2) is 30.3 Å². The van der Waals surface area contributed by atoms with Gasteiger partial charge in [0.15, 0.2) is 5.60 Å². The summed E-state index contributed by atoms with van der Waals surface area (Å²) >= 11 is 0. The van der Waals surface area contributed by atoms with Gasteiger partial charge in [-0.05, 0) is 24.3 Å². The fraction of sp³-hybridized carbons (Fsp3) is 0.278. The molecule has 0 aliphatic heterocycles. The first-order valence-corrected chi connectivity index (χ1v) is 7.71. The summed E-state index contributed by atoms with van der Waals surface area (Å²) in [7, 11) is 0. The molecule has 2 atom stereocenters. The molecule has 0 saturated heterocycles. The summed E-state index contributed by atoms with van der Waals surface area (Å²) < 4.78 is 89.9. The van der Waals surface area contributed by atoms with Gasteiger partial charge in [-0.3, -0.25) is 0 Å². The summed E-state index contributed by atoms with van der Waals surface area (Å²) in [6.07, 6.45) is -3.45. The molecule has 140 valence electrons. The molecular weight excluding hydrogens is 376 g/mol. The highest BCUT2D eigenvalue weighted by Crippen LogP contribution is 2.68. The normalized spacial score (nSPS) is 26.5. The predicted molar refractivity (Wildman–Crippen MR) is 78.8 cm³/mol. The van der Waals surface area contributed by atoms with Crippen molar-refractivity contribution in [1.29, 1.82) is 5.26 Å². The highest BCUT2D eigenvalue weighted by atomic mass is 19.3. The monoisotopic (exact) mass is 385 g/mol. The third-order valence-electron chi connectivity index (χ3n) is 4.89. The average Bonchev–Trinajstić information content (AvgIpc) is 2.92. The minimum absolute atomic E-state index is 0.117. The molecule has 0 saturated carbocycles. The Balaban J connectivity index is 1.89. The number of hydrogen-bond donors (Lipinski definition) is 1. The van der Waals surface area contributed by atoms with Crippen molar-refractivity contribution in [1.82, 2.24) is 0 Å². The number of nitrogens with zero attached hydrogens (tertiary/aromatic N) is 1. The van der Waals surface area contributed by atoms with Crippen LogP contribution < -0.4 is 4.74 Å². The van der Waals surface area contributed by atoms with Gasteiger partial charge >= 0.3 is 11.8 Å². The van der Waals surface area contributed by atoms with Crippen molar-refractivity contribution in [3.8, 4) is 17.6 Å². The number of aliphatic hydroxyl groups is 1. The lowest BCUT2D eigenvalue weighted by Crippen LogP contribution is -2.48. The van der Waals surface area contributed by atoms with Crippen LogP contribution >= 0.6 is 0 Å². The van der Waals surface area contributed by atoms with E-state index in [4.69, 9.17) is 10.00 Å². The summed E-state index contributed by atoms with van der Waals surface area (Å²) in [5.41, 5.74) is -6.20. The molecule has 0 spiro atoms. The number of benzene rings is 2. The Labute approximate surface area is 148 Å². The SMILES string of the molecule is N#Cc1cc(F)cc(Oc2ccc3c4c2C(F)CC4(O)C(F)(F)C3(F)F)c1. The van der Waals surface area contributed by atoms with Crippen molar-refractivity contribution in [2.75, 3.05) is 0 Å². The van der Waals surface area contributed by atoms with Gasteiger partial charge in [-0.15, -0.1) is 0 Å². The summed E-state index contributed by atoms with van der Waals surface area (Å²) in [6, 6.07) is 6.04. The molecule has 0 heterocycles. The van der Waals surface area contributed by atoms with Crippen molar-refractivity contribution in [2.24, 2.45) is 0 Å². The maximum Gasteiger partial charge on any atom is 0.346 e. The zero-order valence-corrected chi connectivity index (χ0v) is 13.2. The van der Waals surface area contributed by atoms with E-state index in [1.54, 1.807) is 6.07 Å². The van der Waals surface area contributed by atoms with E-state index in [9.17, 15) is 31.4 Å². The summed E-state index contributed by atoms with van der Waals surface area (Å²) in [5, 5.41) is 19.1. The highest BCUT2D eigenvalue weighted by Gasteiger charge is 2.79. The van der Waals surface area contributed by atoms with Gasteiger partial charge < -0.3 is 9.84 Å². The molecule has 3 nitrogen and oxygen atoms in total. The molecule has 27 heavy (non-hydrogen) atoms. The van der Waals surface area contributed by atoms with Crippen LogP contribution in [0.1, 0.15) is 34.8 Å². The fourth-order valence-corrected chi connectivity index (χ4v) is 3.70. The number of nitriles is 1. The minimum Gasteiger partial charge on any atom is -0.457 e. The molecule has 0 amide bonds. The second kappa shape index (κ2) is 5.16. The largest absolute Gasteiger partial charge is 0.457 e. The molecule has 9 heteroatoms. The van der Waals surface area contributed by atoms with Gasteiger partial charge in [-0.1, -0.05) is 0 Å². The second-order valence-electron chi connectivity index (χ2n) is 6.47. The molecule has 2 unspecified atom stereocenters. The topological polar surface area (TPSA) is 53.2 Å². The van der Waals surface area contributed by atoms with Crippen molar-refractivity contribution >= 4 is 0 Å². The zero-order valence-electron chi connectivity index (χ0n) is 13.2. The van der Waals surface area contributed by atoms with Gasteiger partial charge in [0.1, 0.15) is 23.5 Å². The lowest BCUT2D eigenvalue weighted by Gasteiger charge is -2.30. The molecule has 0 bridgehead atoms. The Morgan fingerprint density at radius 3 is 2.52 bits per heavy atom. The van der Waals surface area contributed by atoms with Crippen LogP contribution in [-0.2, 0) is 11.5 Å². The molecule has 0 radical (unpaired) electrons. The first kappa shape index (κ1) is 17.7. The van der Waals surface area contributed by atoms with E-state index in [1.807, 2.05) is 0 Å². The molecule has 0 fully saturated rings. The van der Waals surface area contributed by atoms with E-state index in [-0.39, 0.29) is 11.3 Å². The minimum atomic E-state index is -4.90. The van der Waals surface area contributed by atoms with Crippen LogP contribution in [0.2, 0.25) is 0 Å². The first-order valence-electron chi connectivity index (χ1n) is 7.71. The van der Waals surface area contributed by atoms with Gasteiger partial charge in [0.25, 0.3) is 0 Å². The summed E-state index contributed by atoms with van der Waals surface area (Å²) in [5.74, 6) is -11.1. The van der Waals surface area contributed by atoms with E-state index in [0.29, 0.717) is 6.07 Å². The van der Waals surface area contributed by atoms with E-state index >= 15 is 0 Å². The molecule has 2 aliphatic rings. The van der Waals surface area contributed by atoms with Crippen molar-refractivity contribution in [3.05, 3.63) is 58.4 Å². The van der Waals surface area contributed by atoms with Gasteiger partial charge in [-0.2, -0.15) is 22.8 Å². The van der Waals surface area contributed by atoms with Crippen molar-refractivity contribution in [2.45, 2.75) is 30.0 Å². The zero-order chi connectivity index (χ0) is 19.8. The average molecular weight is 385 g/mol. The number of rotatable bonds is 2. The molecule has 4 rings (SSSR count). The molecule has 0 aromatic heterocycles. The number of hydrogen-bond acceptors (Lipinski definition) is 3. The van der Waals surface area contributed by atoms with E-state index < -0.39 is 58.3 Å². The molecule has 2 aliphatic carbocycles. The van der Waals surface area contributed by atoms with Crippen LogP contribution in [0.25, 0.3) is 0 Å². The summed E-state index contributed by atoms with van der Waals surface area (Å²) in [6.45, 7) is 0. The van der Waals surface area contributed by atoms with Crippen LogP contribution in [0, 0.1) is 17.1 Å². The molecule has 2 aromatic carbocycles. The Morgan fingerprint density at radius 2 is 1.85 bits per heavy atom. The maximum atomic E-state index is 14.5. The highest BCUT2D eigenvalue weighted by molar-refractivity contribution is 5.60. The maximum absolute atomic E-state index is 14.5. The van der Waals surface area contributed by atoms with Crippen LogP contribution in [0.5, 0.6) is 11.5 Å². The second-order valence-corrected chi connectivity index (χ2v) is 6.47. The smallest absolute Gasteiger partial charge is 0.346 e. The van der Waals surface area contributed by atoms with E-state index in [0.717, 1.165) is 24.3 Å².